The lowest BCUT2D eigenvalue weighted by Crippen LogP contribution is -2.26. The molecule has 0 aliphatic carbocycles. The maximum absolute atomic E-state index is 12.5. The zero-order chi connectivity index (χ0) is 26.3. The highest BCUT2D eigenvalue weighted by atomic mass is 32.2. The molecule has 0 saturated heterocycles. The summed E-state index contributed by atoms with van der Waals surface area (Å²) in [7, 11) is -5.85. The lowest BCUT2D eigenvalue weighted by Gasteiger charge is -2.10. The van der Waals surface area contributed by atoms with E-state index in [4.69, 9.17) is 4.74 Å². The van der Waals surface area contributed by atoms with Gasteiger partial charge in [-0.25, -0.2) is 31.3 Å². The van der Waals surface area contributed by atoms with Crippen molar-refractivity contribution in [2.75, 3.05) is 37.4 Å². The molecule has 0 unspecified atom stereocenters. The number of ether oxygens (including phenoxy) is 1. The third-order valence-corrected chi connectivity index (χ3v) is 8.16. The molecular weight excluding hydrogens is 516 g/mol. The van der Waals surface area contributed by atoms with Crippen LogP contribution in [0.1, 0.15) is 18.4 Å². The first-order valence-electron chi connectivity index (χ1n) is 11.4. The molecule has 4 bridgehead atoms. The summed E-state index contributed by atoms with van der Waals surface area (Å²) in [6, 6.07) is 12.6. The van der Waals surface area contributed by atoms with Crippen molar-refractivity contribution in [3.63, 3.8) is 0 Å². The van der Waals surface area contributed by atoms with Crippen LogP contribution in [0.5, 0.6) is 5.75 Å². The second kappa shape index (κ2) is 11.6. The summed E-state index contributed by atoms with van der Waals surface area (Å²) >= 11 is 0. The highest BCUT2D eigenvalue weighted by molar-refractivity contribution is 7.89. The van der Waals surface area contributed by atoms with E-state index in [9.17, 15) is 16.8 Å². The highest BCUT2D eigenvalue weighted by Crippen LogP contribution is 2.21. The van der Waals surface area contributed by atoms with E-state index < -0.39 is 20.0 Å². The third-order valence-electron chi connectivity index (χ3n) is 5.24. The zero-order valence-corrected chi connectivity index (χ0v) is 21.6. The van der Waals surface area contributed by atoms with E-state index in [0.29, 0.717) is 35.8 Å². The predicted molar refractivity (Wildman–Crippen MR) is 140 cm³/mol. The Morgan fingerprint density at radius 2 is 1.97 bits per heavy atom. The normalized spacial score (nSPS) is 14.8. The van der Waals surface area contributed by atoms with E-state index >= 15 is 0 Å². The van der Waals surface area contributed by atoms with Crippen LogP contribution in [0.3, 0.4) is 0 Å². The van der Waals surface area contributed by atoms with Crippen molar-refractivity contribution >= 4 is 37.5 Å². The quantitative estimate of drug-likeness (QED) is 0.280. The molecule has 37 heavy (non-hydrogen) atoms. The summed E-state index contributed by atoms with van der Waals surface area (Å²) in [5, 5.41) is 6.19. The SMILES string of the molecule is COc1cccc(S(=O)(=O)NCCC#Cc2cnc3nc2NCCCNS(=O)(=O)c2cccc(c2)N3)c1. The van der Waals surface area contributed by atoms with Gasteiger partial charge in [-0.2, -0.15) is 4.98 Å². The fourth-order valence-electron chi connectivity index (χ4n) is 3.38. The molecule has 0 saturated carbocycles. The standard InChI is InChI=1S/C24H26N6O5S2/c1-35-20-9-5-11-22(16-20)37(33,34)27-13-3-2-7-18-17-26-24-29-19-8-4-10-21(15-19)36(31,32)28-14-6-12-25-23(18)30-24/h4-5,8-11,15-17,27-28H,3,6,12-14H2,1H3,(H2,25,26,29,30). The molecule has 1 aliphatic rings. The van der Waals surface area contributed by atoms with Crippen molar-refractivity contribution < 1.29 is 21.6 Å². The molecule has 0 atom stereocenters. The van der Waals surface area contributed by atoms with E-state index in [0.717, 1.165) is 0 Å². The molecule has 4 rings (SSSR count). The molecule has 0 amide bonds. The van der Waals surface area contributed by atoms with E-state index in [-0.39, 0.29) is 35.2 Å². The van der Waals surface area contributed by atoms with Crippen LogP contribution in [0.2, 0.25) is 0 Å². The minimum absolute atomic E-state index is 0.111. The number of hydrogen-bond acceptors (Lipinski definition) is 9. The van der Waals surface area contributed by atoms with Gasteiger partial charge in [-0.15, -0.1) is 0 Å². The topological polar surface area (TPSA) is 151 Å². The molecule has 13 heteroatoms. The molecule has 4 N–H and O–H groups in total. The molecular formula is C24H26N6O5S2. The average molecular weight is 543 g/mol. The van der Waals surface area contributed by atoms with Crippen molar-refractivity contribution in [2.45, 2.75) is 22.6 Å². The Labute approximate surface area is 216 Å². The van der Waals surface area contributed by atoms with Crippen LogP contribution in [0.25, 0.3) is 0 Å². The van der Waals surface area contributed by atoms with Crippen LogP contribution in [0, 0.1) is 11.8 Å². The summed E-state index contributed by atoms with van der Waals surface area (Å²) in [5.74, 6) is 7.14. The fraction of sp³-hybridized carbons (Fsp3) is 0.250. The lowest BCUT2D eigenvalue weighted by atomic mass is 10.2. The van der Waals surface area contributed by atoms with Crippen molar-refractivity contribution in [1.29, 1.82) is 0 Å². The number of aromatic nitrogens is 2. The number of fused-ring (bicyclic) bond motifs is 4. The Morgan fingerprint density at radius 1 is 1.14 bits per heavy atom. The van der Waals surface area contributed by atoms with Gasteiger partial charge in [-0.1, -0.05) is 24.0 Å². The van der Waals surface area contributed by atoms with Crippen LogP contribution >= 0.6 is 0 Å². The second-order valence-corrected chi connectivity index (χ2v) is 11.4. The highest BCUT2D eigenvalue weighted by Gasteiger charge is 2.16. The second-order valence-electron chi connectivity index (χ2n) is 7.92. The molecule has 2 heterocycles. The predicted octanol–water partition coefficient (Wildman–Crippen LogP) is 2.04. The third kappa shape index (κ3) is 6.95. The molecule has 0 spiro atoms. The van der Waals surface area contributed by atoms with Gasteiger partial charge in [0.25, 0.3) is 0 Å². The molecule has 3 aromatic rings. The van der Waals surface area contributed by atoms with Gasteiger partial charge in [-0.3, -0.25) is 0 Å². The summed E-state index contributed by atoms with van der Waals surface area (Å²) in [5.41, 5.74) is 1.06. The first-order valence-corrected chi connectivity index (χ1v) is 14.3. The van der Waals surface area contributed by atoms with Gasteiger partial charge in [0.1, 0.15) is 11.6 Å². The number of benzene rings is 2. The summed E-state index contributed by atoms with van der Waals surface area (Å²) in [6.07, 6.45) is 2.34. The van der Waals surface area contributed by atoms with Crippen LogP contribution in [0.15, 0.2) is 64.5 Å². The first-order chi connectivity index (χ1) is 17.8. The van der Waals surface area contributed by atoms with E-state index in [2.05, 4.69) is 41.9 Å². The van der Waals surface area contributed by atoms with Crippen LogP contribution in [-0.4, -0.2) is 53.5 Å². The molecule has 194 valence electrons. The van der Waals surface area contributed by atoms with Gasteiger partial charge in [0.2, 0.25) is 26.0 Å². The van der Waals surface area contributed by atoms with Gasteiger partial charge < -0.3 is 15.4 Å². The Morgan fingerprint density at radius 3 is 2.81 bits per heavy atom. The Kier molecular flexibility index (Phi) is 8.24. The van der Waals surface area contributed by atoms with E-state index in [1.165, 1.54) is 31.4 Å². The van der Waals surface area contributed by atoms with Gasteiger partial charge in [-0.05, 0) is 36.8 Å². The van der Waals surface area contributed by atoms with Crippen LogP contribution in [-0.2, 0) is 20.0 Å². The van der Waals surface area contributed by atoms with Gasteiger partial charge in [0.15, 0.2) is 0 Å². The van der Waals surface area contributed by atoms with E-state index in [1.54, 1.807) is 30.5 Å². The first kappa shape index (κ1) is 26.4. The average Bonchev–Trinajstić information content (AvgIpc) is 2.89. The van der Waals surface area contributed by atoms with Crippen molar-refractivity contribution in [3.8, 4) is 17.6 Å². The zero-order valence-electron chi connectivity index (χ0n) is 20.0. The molecule has 0 fully saturated rings. The molecule has 1 aromatic heterocycles. The van der Waals surface area contributed by atoms with Crippen molar-refractivity contribution in [2.24, 2.45) is 0 Å². The number of nitrogens with zero attached hydrogens (tertiary/aromatic N) is 2. The monoisotopic (exact) mass is 542 g/mol. The Balaban J connectivity index is 1.46. The van der Waals surface area contributed by atoms with Gasteiger partial charge in [0.05, 0.1) is 28.7 Å². The number of rotatable bonds is 5. The summed E-state index contributed by atoms with van der Waals surface area (Å²) < 4.78 is 60.2. The van der Waals surface area contributed by atoms with Crippen molar-refractivity contribution in [3.05, 3.63) is 60.3 Å². The maximum Gasteiger partial charge on any atom is 0.240 e. The van der Waals surface area contributed by atoms with Crippen molar-refractivity contribution in [1.82, 2.24) is 19.4 Å². The summed E-state index contributed by atoms with van der Waals surface area (Å²) in [6.45, 7) is 0.817. The number of methoxy groups -OCH3 is 1. The summed E-state index contributed by atoms with van der Waals surface area (Å²) in [4.78, 5) is 9.04. The molecule has 0 radical (unpaired) electrons. The van der Waals surface area contributed by atoms with Gasteiger partial charge >= 0.3 is 0 Å². The number of hydrogen-bond donors (Lipinski definition) is 4. The smallest absolute Gasteiger partial charge is 0.240 e. The largest absolute Gasteiger partial charge is 0.497 e. The maximum atomic E-state index is 12.5. The molecule has 11 nitrogen and oxygen atoms in total. The van der Waals surface area contributed by atoms with E-state index in [1.807, 2.05) is 0 Å². The lowest BCUT2D eigenvalue weighted by molar-refractivity contribution is 0.413. The Hall–Kier alpha value is -3.70. The Bertz CT molecular complexity index is 1550. The number of nitrogens with one attached hydrogen (secondary N) is 4. The van der Waals surface area contributed by atoms with Crippen LogP contribution in [0.4, 0.5) is 17.5 Å². The number of anilines is 3. The van der Waals surface area contributed by atoms with Gasteiger partial charge in [0, 0.05) is 37.8 Å². The fourth-order valence-corrected chi connectivity index (χ4v) is 5.57. The number of sulfonamides is 2. The minimum Gasteiger partial charge on any atom is -0.497 e. The van der Waals surface area contributed by atoms with Crippen LogP contribution < -0.4 is 24.8 Å². The minimum atomic E-state index is -3.69. The molecule has 1 aliphatic heterocycles. The molecule has 2 aromatic carbocycles.